The van der Waals surface area contributed by atoms with Crippen molar-refractivity contribution in [2.24, 2.45) is 0 Å². The molecule has 4 aromatic rings. The van der Waals surface area contributed by atoms with E-state index in [0.717, 1.165) is 60.1 Å². The summed E-state index contributed by atoms with van der Waals surface area (Å²) in [5.74, 6) is 2.04. The Bertz CT molecular complexity index is 1260. The van der Waals surface area contributed by atoms with Gasteiger partial charge < -0.3 is 18.9 Å². The van der Waals surface area contributed by atoms with Gasteiger partial charge in [-0.1, -0.05) is 36.4 Å². The number of nitrogens with zero attached hydrogens (tertiary/aromatic N) is 4. The van der Waals surface area contributed by atoms with Crippen LogP contribution in [0.15, 0.2) is 60.8 Å². The fourth-order valence-electron chi connectivity index (χ4n) is 4.86. The highest BCUT2D eigenvalue weighted by molar-refractivity contribution is 5.83. The van der Waals surface area contributed by atoms with E-state index in [1.54, 1.807) is 0 Å². The van der Waals surface area contributed by atoms with Crippen molar-refractivity contribution in [3.05, 3.63) is 77.7 Å². The van der Waals surface area contributed by atoms with Crippen LogP contribution in [0.4, 0.5) is 5.82 Å². The molecule has 0 N–H and O–H groups in total. The average molecular weight is 427 g/mol. The molecule has 0 radical (unpaired) electrons. The molecule has 6 rings (SSSR count). The molecule has 4 heterocycles. The molecular weight excluding hydrogens is 400 g/mol. The normalized spacial score (nSPS) is 18.7. The van der Waals surface area contributed by atoms with E-state index in [4.69, 9.17) is 19.4 Å². The Kier molecular flexibility index (Phi) is 4.89. The van der Waals surface area contributed by atoms with Gasteiger partial charge in [0.25, 0.3) is 0 Å². The summed E-state index contributed by atoms with van der Waals surface area (Å²) in [6.45, 7) is 6.65. The minimum Gasteiger partial charge on any atom is -0.378 e. The van der Waals surface area contributed by atoms with Crippen LogP contribution in [0.5, 0.6) is 0 Å². The van der Waals surface area contributed by atoms with E-state index < -0.39 is 0 Å². The number of hydrogen-bond acceptors (Lipinski definition) is 5. The molecule has 1 unspecified atom stereocenters. The van der Waals surface area contributed by atoms with E-state index in [-0.39, 0.29) is 6.04 Å². The summed E-state index contributed by atoms with van der Waals surface area (Å²) in [5.41, 5.74) is 6.86. The number of aryl methyl sites for hydroxylation is 1. The molecule has 2 aliphatic heterocycles. The summed E-state index contributed by atoms with van der Waals surface area (Å²) in [7, 11) is 0. The van der Waals surface area contributed by atoms with E-state index in [1.165, 1.54) is 11.1 Å². The van der Waals surface area contributed by atoms with Crippen LogP contribution in [0, 0.1) is 6.92 Å². The Balaban J connectivity index is 1.40. The lowest BCUT2D eigenvalue weighted by Gasteiger charge is -2.29. The molecular formula is C26H26N4O2. The molecule has 0 amide bonds. The SMILES string of the molecule is Cc1cc(-c2ccc3nc4n(c3c2)C(c2ccccc2)COC4)cnc1N1CCOCC1. The van der Waals surface area contributed by atoms with Gasteiger partial charge in [0.15, 0.2) is 0 Å². The maximum absolute atomic E-state index is 5.89. The van der Waals surface area contributed by atoms with Crippen LogP contribution in [0.3, 0.4) is 0 Å². The summed E-state index contributed by atoms with van der Waals surface area (Å²) in [5, 5.41) is 0. The van der Waals surface area contributed by atoms with Crippen molar-refractivity contribution in [2.75, 3.05) is 37.8 Å². The number of benzene rings is 2. The van der Waals surface area contributed by atoms with Crippen molar-refractivity contribution in [1.29, 1.82) is 0 Å². The van der Waals surface area contributed by atoms with Crippen LogP contribution < -0.4 is 4.90 Å². The second-order valence-electron chi connectivity index (χ2n) is 8.51. The van der Waals surface area contributed by atoms with Crippen LogP contribution in [-0.2, 0) is 16.1 Å². The van der Waals surface area contributed by atoms with E-state index in [9.17, 15) is 0 Å². The van der Waals surface area contributed by atoms with Gasteiger partial charge in [0.2, 0.25) is 0 Å². The van der Waals surface area contributed by atoms with Crippen molar-refractivity contribution in [1.82, 2.24) is 14.5 Å². The number of anilines is 1. The highest BCUT2D eigenvalue weighted by atomic mass is 16.5. The lowest BCUT2D eigenvalue weighted by molar-refractivity contribution is 0.0679. The Hall–Kier alpha value is -3.22. The zero-order chi connectivity index (χ0) is 21.5. The van der Waals surface area contributed by atoms with Crippen LogP contribution in [-0.4, -0.2) is 47.4 Å². The van der Waals surface area contributed by atoms with Crippen molar-refractivity contribution >= 4 is 16.9 Å². The molecule has 0 saturated carbocycles. The molecule has 0 spiro atoms. The van der Waals surface area contributed by atoms with Crippen molar-refractivity contribution in [2.45, 2.75) is 19.6 Å². The minimum absolute atomic E-state index is 0.128. The zero-order valence-corrected chi connectivity index (χ0v) is 18.2. The van der Waals surface area contributed by atoms with E-state index in [1.807, 2.05) is 12.3 Å². The quantitative estimate of drug-likeness (QED) is 0.487. The Morgan fingerprint density at radius 2 is 1.78 bits per heavy atom. The Morgan fingerprint density at radius 3 is 2.59 bits per heavy atom. The summed E-state index contributed by atoms with van der Waals surface area (Å²) in [4.78, 5) is 12.0. The van der Waals surface area contributed by atoms with E-state index >= 15 is 0 Å². The smallest absolute Gasteiger partial charge is 0.136 e. The molecule has 1 fully saturated rings. The first-order chi connectivity index (χ1) is 15.8. The molecule has 0 aliphatic carbocycles. The van der Waals surface area contributed by atoms with E-state index in [2.05, 4.69) is 64.9 Å². The maximum atomic E-state index is 5.89. The number of pyridine rings is 1. The van der Waals surface area contributed by atoms with Gasteiger partial charge in [-0.2, -0.15) is 0 Å². The topological polar surface area (TPSA) is 52.4 Å². The van der Waals surface area contributed by atoms with Crippen molar-refractivity contribution in [3.8, 4) is 11.1 Å². The largest absolute Gasteiger partial charge is 0.378 e. The second-order valence-corrected chi connectivity index (χ2v) is 8.51. The lowest BCUT2D eigenvalue weighted by Crippen LogP contribution is -2.37. The summed E-state index contributed by atoms with van der Waals surface area (Å²) >= 11 is 0. The number of rotatable bonds is 3. The molecule has 2 aromatic heterocycles. The predicted octanol–water partition coefficient (Wildman–Crippen LogP) is 4.36. The van der Waals surface area contributed by atoms with Crippen LogP contribution in [0.2, 0.25) is 0 Å². The number of imidazole rings is 1. The highest BCUT2D eigenvalue weighted by Gasteiger charge is 2.25. The highest BCUT2D eigenvalue weighted by Crippen LogP contribution is 2.33. The van der Waals surface area contributed by atoms with Gasteiger partial charge in [-0.15, -0.1) is 0 Å². The summed E-state index contributed by atoms with van der Waals surface area (Å²) < 4.78 is 13.7. The fourth-order valence-corrected chi connectivity index (χ4v) is 4.86. The summed E-state index contributed by atoms with van der Waals surface area (Å²) in [6, 6.07) is 19.4. The van der Waals surface area contributed by atoms with Crippen LogP contribution >= 0.6 is 0 Å². The van der Waals surface area contributed by atoms with Crippen molar-refractivity contribution < 1.29 is 9.47 Å². The molecule has 2 aromatic carbocycles. The first-order valence-electron chi connectivity index (χ1n) is 11.2. The van der Waals surface area contributed by atoms with Crippen LogP contribution in [0.25, 0.3) is 22.2 Å². The van der Waals surface area contributed by atoms with Gasteiger partial charge in [0.1, 0.15) is 18.2 Å². The third kappa shape index (κ3) is 3.36. The second kappa shape index (κ2) is 8.04. The summed E-state index contributed by atoms with van der Waals surface area (Å²) in [6.07, 6.45) is 1.99. The lowest BCUT2D eigenvalue weighted by atomic mass is 10.0. The standard InChI is InChI=1S/C26H26N4O2/c1-18-13-21(15-27-26(18)29-9-11-31-12-10-29)20-7-8-22-23(14-20)30-24(16-32-17-25(30)28-22)19-5-3-2-4-6-19/h2-8,13-15,24H,9-12,16-17H2,1H3. The first kappa shape index (κ1) is 19.5. The average Bonchev–Trinajstić information content (AvgIpc) is 3.23. The molecule has 1 atom stereocenters. The number of fused-ring (bicyclic) bond motifs is 3. The number of morpholine rings is 1. The van der Waals surface area contributed by atoms with Crippen LogP contribution in [0.1, 0.15) is 23.0 Å². The van der Waals surface area contributed by atoms with Gasteiger partial charge in [-0.05, 0) is 41.8 Å². The van der Waals surface area contributed by atoms with Crippen molar-refractivity contribution in [3.63, 3.8) is 0 Å². The minimum atomic E-state index is 0.128. The van der Waals surface area contributed by atoms with Gasteiger partial charge in [-0.3, -0.25) is 0 Å². The zero-order valence-electron chi connectivity index (χ0n) is 18.2. The predicted molar refractivity (Wildman–Crippen MR) is 125 cm³/mol. The Labute approximate surface area is 187 Å². The number of hydrogen-bond donors (Lipinski definition) is 0. The monoisotopic (exact) mass is 426 g/mol. The van der Waals surface area contributed by atoms with Gasteiger partial charge in [-0.25, -0.2) is 9.97 Å². The molecule has 162 valence electrons. The van der Waals surface area contributed by atoms with Gasteiger partial charge >= 0.3 is 0 Å². The molecule has 32 heavy (non-hydrogen) atoms. The number of ether oxygens (including phenoxy) is 2. The molecule has 6 heteroatoms. The fraction of sp³-hybridized carbons (Fsp3) is 0.308. The third-order valence-corrected chi connectivity index (χ3v) is 6.46. The molecule has 1 saturated heterocycles. The molecule has 6 nitrogen and oxygen atoms in total. The first-order valence-corrected chi connectivity index (χ1v) is 11.2. The maximum Gasteiger partial charge on any atom is 0.136 e. The third-order valence-electron chi connectivity index (χ3n) is 6.46. The van der Waals surface area contributed by atoms with Gasteiger partial charge in [0.05, 0.1) is 36.9 Å². The molecule has 2 aliphatic rings. The Morgan fingerprint density at radius 1 is 0.938 bits per heavy atom. The van der Waals surface area contributed by atoms with Gasteiger partial charge in [0, 0.05) is 24.8 Å². The number of aromatic nitrogens is 3. The molecule has 0 bridgehead atoms. The van der Waals surface area contributed by atoms with E-state index in [0.29, 0.717) is 13.2 Å².